The van der Waals surface area contributed by atoms with Gasteiger partial charge in [0.25, 0.3) is 5.91 Å². The van der Waals surface area contributed by atoms with Gasteiger partial charge in [0.1, 0.15) is 0 Å². The summed E-state index contributed by atoms with van der Waals surface area (Å²) >= 11 is 0. The summed E-state index contributed by atoms with van der Waals surface area (Å²) in [5, 5.41) is 7.33. The SMILES string of the molecule is COc1cnccc1N1CCN(C(=O)c2n[nH]c3c2C[C@H](C)O[C@@H]3C)CC1. The van der Waals surface area contributed by atoms with E-state index < -0.39 is 0 Å². The molecule has 4 heterocycles. The molecule has 0 bridgehead atoms. The number of carbonyl (C=O) groups excluding carboxylic acids is 1. The third kappa shape index (κ3) is 3.25. The Labute approximate surface area is 158 Å². The number of pyridine rings is 1. The number of aromatic amines is 1. The van der Waals surface area contributed by atoms with E-state index in [1.54, 1.807) is 19.5 Å². The molecule has 144 valence electrons. The molecule has 0 aromatic carbocycles. The highest BCUT2D eigenvalue weighted by Crippen LogP contribution is 2.31. The van der Waals surface area contributed by atoms with Crippen LogP contribution in [0.15, 0.2) is 18.5 Å². The maximum Gasteiger partial charge on any atom is 0.274 e. The predicted octanol–water partition coefficient (Wildman–Crippen LogP) is 1.80. The number of methoxy groups -OCH3 is 1. The molecule has 4 rings (SSSR count). The monoisotopic (exact) mass is 371 g/mol. The van der Waals surface area contributed by atoms with E-state index in [0.29, 0.717) is 25.2 Å². The molecule has 2 atom stereocenters. The van der Waals surface area contributed by atoms with Crippen LogP contribution < -0.4 is 9.64 Å². The fourth-order valence-electron chi connectivity index (χ4n) is 3.94. The molecule has 2 aromatic rings. The van der Waals surface area contributed by atoms with Crippen molar-refractivity contribution in [3.8, 4) is 5.75 Å². The summed E-state index contributed by atoms with van der Waals surface area (Å²) in [6, 6.07) is 1.95. The van der Waals surface area contributed by atoms with Gasteiger partial charge in [0.05, 0.1) is 36.9 Å². The van der Waals surface area contributed by atoms with Gasteiger partial charge >= 0.3 is 0 Å². The highest BCUT2D eigenvalue weighted by Gasteiger charge is 2.32. The topological polar surface area (TPSA) is 83.6 Å². The number of fused-ring (bicyclic) bond motifs is 1. The van der Waals surface area contributed by atoms with E-state index in [2.05, 4.69) is 20.1 Å². The van der Waals surface area contributed by atoms with Crippen molar-refractivity contribution in [2.45, 2.75) is 32.5 Å². The van der Waals surface area contributed by atoms with Gasteiger partial charge in [0.2, 0.25) is 0 Å². The number of carbonyl (C=O) groups is 1. The van der Waals surface area contributed by atoms with Gasteiger partial charge in [0.15, 0.2) is 11.4 Å². The van der Waals surface area contributed by atoms with Crippen LogP contribution in [0.1, 0.15) is 41.7 Å². The highest BCUT2D eigenvalue weighted by atomic mass is 16.5. The van der Waals surface area contributed by atoms with Crippen LogP contribution in [0.3, 0.4) is 0 Å². The third-order valence-corrected chi connectivity index (χ3v) is 5.33. The van der Waals surface area contributed by atoms with E-state index in [-0.39, 0.29) is 18.1 Å². The summed E-state index contributed by atoms with van der Waals surface area (Å²) in [6.07, 6.45) is 4.22. The lowest BCUT2D eigenvalue weighted by atomic mass is 9.99. The second-order valence-electron chi connectivity index (χ2n) is 7.08. The van der Waals surface area contributed by atoms with Crippen LogP contribution in [0.25, 0.3) is 0 Å². The van der Waals surface area contributed by atoms with Crippen LogP contribution in [-0.2, 0) is 11.2 Å². The van der Waals surface area contributed by atoms with Crippen LogP contribution in [0.2, 0.25) is 0 Å². The van der Waals surface area contributed by atoms with Crippen molar-refractivity contribution in [1.29, 1.82) is 0 Å². The summed E-state index contributed by atoms with van der Waals surface area (Å²) in [6.45, 7) is 6.80. The van der Waals surface area contributed by atoms with Gasteiger partial charge < -0.3 is 19.3 Å². The third-order valence-electron chi connectivity index (χ3n) is 5.33. The first kappa shape index (κ1) is 17.8. The van der Waals surface area contributed by atoms with Crippen LogP contribution >= 0.6 is 0 Å². The number of rotatable bonds is 3. The van der Waals surface area contributed by atoms with Gasteiger partial charge in [-0.25, -0.2) is 0 Å². The molecule has 2 aliphatic rings. The summed E-state index contributed by atoms with van der Waals surface area (Å²) in [7, 11) is 1.65. The first-order valence-electron chi connectivity index (χ1n) is 9.33. The molecule has 0 unspecified atom stereocenters. The van der Waals surface area contributed by atoms with Crippen molar-refractivity contribution in [3.05, 3.63) is 35.4 Å². The molecule has 0 saturated carbocycles. The number of amides is 1. The molecule has 8 nitrogen and oxygen atoms in total. The Morgan fingerprint density at radius 1 is 1.30 bits per heavy atom. The average molecular weight is 371 g/mol. The number of ether oxygens (including phenoxy) is 2. The Hall–Kier alpha value is -2.61. The smallest absolute Gasteiger partial charge is 0.274 e. The van der Waals surface area contributed by atoms with Gasteiger partial charge in [-0.2, -0.15) is 5.10 Å². The van der Waals surface area contributed by atoms with E-state index >= 15 is 0 Å². The Morgan fingerprint density at radius 3 is 2.81 bits per heavy atom. The van der Waals surface area contributed by atoms with E-state index in [0.717, 1.165) is 35.8 Å². The van der Waals surface area contributed by atoms with Crippen LogP contribution in [-0.4, -0.2) is 65.4 Å². The minimum Gasteiger partial charge on any atom is -0.493 e. The summed E-state index contributed by atoms with van der Waals surface area (Å²) < 4.78 is 11.2. The number of aromatic nitrogens is 3. The molecular weight excluding hydrogens is 346 g/mol. The zero-order valence-electron chi connectivity index (χ0n) is 15.9. The van der Waals surface area contributed by atoms with Crippen molar-refractivity contribution < 1.29 is 14.3 Å². The van der Waals surface area contributed by atoms with Crippen molar-refractivity contribution in [2.75, 3.05) is 38.2 Å². The largest absolute Gasteiger partial charge is 0.493 e. The number of H-pyrrole nitrogens is 1. The number of nitrogens with zero attached hydrogens (tertiary/aromatic N) is 4. The zero-order chi connectivity index (χ0) is 19.0. The molecule has 0 aliphatic carbocycles. The van der Waals surface area contributed by atoms with Crippen molar-refractivity contribution in [3.63, 3.8) is 0 Å². The summed E-state index contributed by atoms with van der Waals surface area (Å²) in [4.78, 5) is 21.3. The van der Waals surface area contributed by atoms with E-state index in [4.69, 9.17) is 9.47 Å². The van der Waals surface area contributed by atoms with E-state index in [1.807, 2.05) is 24.8 Å². The summed E-state index contributed by atoms with van der Waals surface area (Å²) in [5.74, 6) is 0.747. The van der Waals surface area contributed by atoms with Crippen molar-refractivity contribution in [1.82, 2.24) is 20.1 Å². The highest BCUT2D eigenvalue weighted by molar-refractivity contribution is 5.94. The van der Waals surface area contributed by atoms with Crippen molar-refractivity contribution in [2.24, 2.45) is 0 Å². The molecular formula is C19H25N5O3. The fourth-order valence-corrected chi connectivity index (χ4v) is 3.94. The second kappa shape index (κ2) is 7.19. The molecule has 1 amide bonds. The lowest BCUT2D eigenvalue weighted by Gasteiger charge is -2.36. The van der Waals surface area contributed by atoms with Crippen LogP contribution in [0, 0.1) is 0 Å². The molecule has 27 heavy (non-hydrogen) atoms. The molecule has 1 N–H and O–H groups in total. The minimum atomic E-state index is -0.0613. The predicted molar refractivity (Wildman–Crippen MR) is 100 cm³/mol. The first-order chi connectivity index (χ1) is 13.1. The Kier molecular flexibility index (Phi) is 4.73. The quantitative estimate of drug-likeness (QED) is 0.886. The number of hydrogen-bond acceptors (Lipinski definition) is 6. The Balaban J connectivity index is 1.47. The van der Waals surface area contributed by atoms with Gasteiger partial charge in [-0.15, -0.1) is 0 Å². The van der Waals surface area contributed by atoms with Gasteiger partial charge in [-0.1, -0.05) is 0 Å². The average Bonchev–Trinajstić information content (AvgIpc) is 3.11. The van der Waals surface area contributed by atoms with Crippen molar-refractivity contribution >= 4 is 11.6 Å². The maximum absolute atomic E-state index is 13.1. The van der Waals surface area contributed by atoms with Gasteiger partial charge in [0, 0.05) is 44.4 Å². The van der Waals surface area contributed by atoms with Crippen LogP contribution in [0.4, 0.5) is 5.69 Å². The van der Waals surface area contributed by atoms with Crippen LogP contribution in [0.5, 0.6) is 5.75 Å². The Morgan fingerprint density at radius 2 is 2.07 bits per heavy atom. The zero-order valence-corrected chi connectivity index (χ0v) is 15.9. The Bertz CT molecular complexity index is 829. The number of anilines is 1. The van der Waals surface area contributed by atoms with E-state index in [1.165, 1.54) is 0 Å². The molecule has 1 saturated heterocycles. The minimum absolute atomic E-state index is 0.00450. The molecule has 8 heteroatoms. The standard InChI is InChI=1S/C19H25N5O3/c1-12-10-14-17(13(2)27-12)21-22-18(14)19(25)24-8-6-23(7-9-24)15-4-5-20-11-16(15)26-3/h4-5,11-13H,6-10H2,1-3H3,(H,21,22)/t12-,13+/m0/s1. The fraction of sp³-hybridized carbons (Fsp3) is 0.526. The molecule has 0 radical (unpaired) electrons. The maximum atomic E-state index is 13.1. The molecule has 2 aliphatic heterocycles. The normalized spacial score (nSPS) is 22.5. The molecule has 1 fully saturated rings. The number of nitrogens with one attached hydrogen (secondary N) is 1. The molecule has 0 spiro atoms. The lowest BCUT2D eigenvalue weighted by Crippen LogP contribution is -2.49. The number of hydrogen-bond donors (Lipinski definition) is 1. The lowest BCUT2D eigenvalue weighted by molar-refractivity contribution is -0.00702. The van der Waals surface area contributed by atoms with Gasteiger partial charge in [-0.3, -0.25) is 14.9 Å². The van der Waals surface area contributed by atoms with E-state index in [9.17, 15) is 4.79 Å². The van der Waals surface area contributed by atoms with Gasteiger partial charge in [-0.05, 0) is 19.9 Å². The molecule has 2 aromatic heterocycles. The first-order valence-corrected chi connectivity index (χ1v) is 9.33. The summed E-state index contributed by atoms with van der Waals surface area (Å²) in [5.41, 5.74) is 3.49. The number of piperazine rings is 1. The second-order valence-corrected chi connectivity index (χ2v) is 7.08.